The van der Waals surface area contributed by atoms with Gasteiger partial charge in [-0.2, -0.15) is 0 Å². The molecule has 5 nitrogen and oxygen atoms in total. The van der Waals surface area contributed by atoms with Crippen molar-refractivity contribution in [3.8, 4) is 0 Å². The predicted octanol–water partition coefficient (Wildman–Crippen LogP) is 1.98. The molecule has 1 fully saturated rings. The van der Waals surface area contributed by atoms with Crippen LogP contribution in [0.25, 0.3) is 0 Å². The van der Waals surface area contributed by atoms with Crippen molar-refractivity contribution in [1.82, 2.24) is 15.2 Å². The molecule has 0 aromatic carbocycles. The molecule has 1 aliphatic rings. The highest BCUT2D eigenvalue weighted by molar-refractivity contribution is 9.10. The minimum absolute atomic E-state index is 0.123. The van der Waals surface area contributed by atoms with Gasteiger partial charge in [0.25, 0.3) is 5.91 Å². The Bertz CT molecular complexity index is 487. The summed E-state index contributed by atoms with van der Waals surface area (Å²) in [5.41, 5.74) is 0.491. The molecule has 0 aliphatic carbocycles. The van der Waals surface area contributed by atoms with Crippen LogP contribution >= 0.6 is 15.9 Å². The van der Waals surface area contributed by atoms with Crippen molar-refractivity contribution in [3.05, 3.63) is 28.5 Å². The Morgan fingerprint density at radius 3 is 2.70 bits per heavy atom. The van der Waals surface area contributed by atoms with Gasteiger partial charge < -0.3 is 10.2 Å². The van der Waals surface area contributed by atoms with Gasteiger partial charge in [0, 0.05) is 42.9 Å². The largest absolute Gasteiger partial charge is 0.351 e. The Kier molecular flexibility index (Phi) is 5.52. The second-order valence-electron chi connectivity index (χ2n) is 4.84. The lowest BCUT2D eigenvalue weighted by Crippen LogP contribution is -2.37. The SMILES string of the molecule is O=C(NCCC(=O)N1CCCCC1)c1cncc(Br)c1. The minimum Gasteiger partial charge on any atom is -0.351 e. The van der Waals surface area contributed by atoms with Gasteiger partial charge in [-0.05, 0) is 41.3 Å². The van der Waals surface area contributed by atoms with E-state index in [0.29, 0.717) is 18.5 Å². The van der Waals surface area contributed by atoms with Gasteiger partial charge in [0.05, 0.1) is 5.56 Å². The first-order valence-electron chi connectivity index (χ1n) is 6.83. The van der Waals surface area contributed by atoms with Crippen LogP contribution in [0.15, 0.2) is 22.9 Å². The van der Waals surface area contributed by atoms with Crippen LogP contribution in [0, 0.1) is 0 Å². The number of pyridine rings is 1. The number of aromatic nitrogens is 1. The third-order valence-electron chi connectivity index (χ3n) is 3.30. The highest BCUT2D eigenvalue weighted by Crippen LogP contribution is 2.10. The molecule has 2 amide bonds. The number of nitrogens with one attached hydrogen (secondary N) is 1. The Balaban J connectivity index is 1.75. The summed E-state index contributed by atoms with van der Waals surface area (Å²) in [6.07, 6.45) is 6.86. The third-order valence-corrected chi connectivity index (χ3v) is 3.73. The first-order chi connectivity index (χ1) is 9.66. The molecule has 0 radical (unpaired) electrons. The fourth-order valence-corrected chi connectivity index (χ4v) is 2.59. The Labute approximate surface area is 126 Å². The summed E-state index contributed by atoms with van der Waals surface area (Å²) in [4.78, 5) is 29.6. The summed E-state index contributed by atoms with van der Waals surface area (Å²) in [5, 5.41) is 2.75. The van der Waals surface area contributed by atoms with E-state index in [1.807, 2.05) is 4.90 Å². The summed E-state index contributed by atoms with van der Waals surface area (Å²) >= 11 is 3.27. The van der Waals surface area contributed by atoms with Gasteiger partial charge in [-0.25, -0.2) is 0 Å². The topological polar surface area (TPSA) is 62.3 Å². The van der Waals surface area contributed by atoms with Crippen LogP contribution < -0.4 is 5.32 Å². The fourth-order valence-electron chi connectivity index (χ4n) is 2.22. The molecule has 2 heterocycles. The average Bonchev–Trinajstić information content (AvgIpc) is 2.48. The number of carbonyl (C=O) groups is 2. The molecule has 0 unspecified atom stereocenters. The van der Waals surface area contributed by atoms with E-state index in [1.54, 1.807) is 12.3 Å². The number of halogens is 1. The lowest BCUT2D eigenvalue weighted by atomic mass is 10.1. The van der Waals surface area contributed by atoms with E-state index in [9.17, 15) is 9.59 Å². The molecule has 1 aliphatic heterocycles. The van der Waals surface area contributed by atoms with Crippen molar-refractivity contribution in [2.75, 3.05) is 19.6 Å². The lowest BCUT2D eigenvalue weighted by Gasteiger charge is -2.26. The molecule has 1 saturated heterocycles. The molecular weight excluding hydrogens is 322 g/mol. The lowest BCUT2D eigenvalue weighted by molar-refractivity contribution is -0.131. The second kappa shape index (κ2) is 7.38. The number of rotatable bonds is 4. The zero-order chi connectivity index (χ0) is 14.4. The van der Waals surface area contributed by atoms with Crippen molar-refractivity contribution < 1.29 is 9.59 Å². The van der Waals surface area contributed by atoms with Crippen molar-refractivity contribution in [2.45, 2.75) is 25.7 Å². The normalized spacial score (nSPS) is 14.9. The number of amides is 2. The Morgan fingerprint density at radius 1 is 1.25 bits per heavy atom. The number of hydrogen-bond acceptors (Lipinski definition) is 3. The zero-order valence-corrected chi connectivity index (χ0v) is 12.9. The van der Waals surface area contributed by atoms with E-state index in [-0.39, 0.29) is 11.8 Å². The van der Waals surface area contributed by atoms with Crippen LogP contribution in [0.1, 0.15) is 36.0 Å². The molecule has 0 bridgehead atoms. The maximum atomic E-state index is 11.9. The van der Waals surface area contributed by atoms with Crippen molar-refractivity contribution in [1.29, 1.82) is 0 Å². The van der Waals surface area contributed by atoms with Crippen LogP contribution in [0.4, 0.5) is 0 Å². The second-order valence-corrected chi connectivity index (χ2v) is 5.75. The van der Waals surface area contributed by atoms with E-state index >= 15 is 0 Å². The maximum Gasteiger partial charge on any atom is 0.252 e. The van der Waals surface area contributed by atoms with E-state index in [1.165, 1.54) is 12.6 Å². The molecule has 2 rings (SSSR count). The summed E-state index contributed by atoms with van der Waals surface area (Å²) < 4.78 is 0.759. The van der Waals surface area contributed by atoms with Gasteiger partial charge in [-0.15, -0.1) is 0 Å². The zero-order valence-electron chi connectivity index (χ0n) is 11.3. The predicted molar refractivity (Wildman–Crippen MR) is 79.3 cm³/mol. The van der Waals surface area contributed by atoms with Gasteiger partial charge in [-0.1, -0.05) is 0 Å². The molecule has 108 valence electrons. The Hall–Kier alpha value is -1.43. The van der Waals surface area contributed by atoms with Gasteiger partial charge in [0.2, 0.25) is 5.91 Å². The molecule has 6 heteroatoms. The highest BCUT2D eigenvalue weighted by atomic mass is 79.9. The molecule has 1 aromatic heterocycles. The number of nitrogens with zero attached hydrogens (tertiary/aromatic N) is 2. The Morgan fingerprint density at radius 2 is 2.00 bits per heavy atom. The number of carbonyl (C=O) groups excluding carboxylic acids is 2. The van der Waals surface area contributed by atoms with E-state index in [2.05, 4.69) is 26.2 Å². The van der Waals surface area contributed by atoms with Gasteiger partial charge in [0.1, 0.15) is 0 Å². The van der Waals surface area contributed by atoms with Gasteiger partial charge >= 0.3 is 0 Å². The van der Waals surface area contributed by atoms with E-state index in [4.69, 9.17) is 0 Å². The maximum absolute atomic E-state index is 11.9. The van der Waals surface area contributed by atoms with Crippen LogP contribution in [0.5, 0.6) is 0 Å². The van der Waals surface area contributed by atoms with Crippen LogP contribution in [-0.4, -0.2) is 41.3 Å². The summed E-state index contributed by atoms with van der Waals surface area (Å²) in [5.74, 6) is -0.0809. The minimum atomic E-state index is -0.203. The summed E-state index contributed by atoms with van der Waals surface area (Å²) in [7, 11) is 0. The molecule has 0 spiro atoms. The van der Waals surface area contributed by atoms with Crippen molar-refractivity contribution in [2.24, 2.45) is 0 Å². The number of hydrogen-bond donors (Lipinski definition) is 1. The van der Waals surface area contributed by atoms with Crippen LogP contribution in [0.3, 0.4) is 0 Å². The van der Waals surface area contributed by atoms with Gasteiger partial charge in [-0.3, -0.25) is 14.6 Å². The van der Waals surface area contributed by atoms with Gasteiger partial charge in [0.15, 0.2) is 0 Å². The molecule has 1 aromatic rings. The molecular formula is C14H18BrN3O2. The van der Waals surface area contributed by atoms with E-state index < -0.39 is 0 Å². The first kappa shape index (κ1) is 15.0. The van der Waals surface area contributed by atoms with Crippen LogP contribution in [-0.2, 0) is 4.79 Å². The summed E-state index contributed by atoms with van der Waals surface area (Å²) in [6, 6.07) is 1.70. The number of piperidine rings is 1. The first-order valence-corrected chi connectivity index (χ1v) is 7.62. The molecule has 0 saturated carbocycles. The standard InChI is InChI=1S/C14H18BrN3O2/c15-12-8-11(9-16-10-12)14(20)17-5-4-13(19)18-6-2-1-3-7-18/h8-10H,1-7H2,(H,17,20). The quantitative estimate of drug-likeness (QED) is 0.912. The molecule has 20 heavy (non-hydrogen) atoms. The van der Waals surface area contributed by atoms with E-state index in [0.717, 1.165) is 30.4 Å². The fraction of sp³-hybridized carbons (Fsp3) is 0.500. The molecule has 0 atom stereocenters. The smallest absolute Gasteiger partial charge is 0.252 e. The number of likely N-dealkylation sites (tertiary alicyclic amines) is 1. The summed E-state index contributed by atoms with van der Waals surface area (Å²) in [6.45, 7) is 2.06. The average molecular weight is 340 g/mol. The highest BCUT2D eigenvalue weighted by Gasteiger charge is 2.16. The third kappa shape index (κ3) is 4.30. The monoisotopic (exact) mass is 339 g/mol. The van der Waals surface area contributed by atoms with Crippen LogP contribution in [0.2, 0.25) is 0 Å². The van der Waals surface area contributed by atoms with Crippen molar-refractivity contribution in [3.63, 3.8) is 0 Å². The molecule has 1 N–H and O–H groups in total. The van der Waals surface area contributed by atoms with Crippen molar-refractivity contribution >= 4 is 27.7 Å².